The number of nitrogens with one attached hydrogen (secondary N) is 1. The predicted molar refractivity (Wildman–Crippen MR) is 94.8 cm³/mol. The van der Waals surface area contributed by atoms with E-state index in [0.717, 1.165) is 63.4 Å². The topological polar surface area (TPSA) is 72.5 Å². The fraction of sp³-hybridized carbons (Fsp3) is 0.789. The van der Waals surface area contributed by atoms with Crippen molar-refractivity contribution in [2.24, 2.45) is 11.8 Å². The molecule has 3 heterocycles. The van der Waals surface area contributed by atoms with Gasteiger partial charge in [-0.25, -0.2) is 4.98 Å². The van der Waals surface area contributed by atoms with Crippen LogP contribution in [0, 0.1) is 18.8 Å². The highest BCUT2D eigenvalue weighted by Crippen LogP contribution is 2.37. The van der Waals surface area contributed by atoms with Crippen LogP contribution >= 0.6 is 0 Å². The molecule has 1 aromatic rings. The van der Waals surface area contributed by atoms with Crippen molar-refractivity contribution in [3.63, 3.8) is 0 Å². The SMILES string of the molecule is Cc1cnc(CN2CC[C@@]3(O)CCN(C(=O)C4CCCC4)C[C@H]3C2)[nH]1. The zero-order valence-electron chi connectivity index (χ0n) is 15.2. The number of aryl methyl sites for hydroxylation is 1. The molecule has 2 aliphatic heterocycles. The van der Waals surface area contributed by atoms with Gasteiger partial charge >= 0.3 is 0 Å². The molecular formula is C19H30N4O2. The van der Waals surface area contributed by atoms with Crippen LogP contribution in [-0.4, -0.2) is 62.6 Å². The Morgan fingerprint density at radius 1 is 1.32 bits per heavy atom. The first kappa shape index (κ1) is 17.0. The molecule has 3 fully saturated rings. The number of aromatic amines is 1. The van der Waals surface area contributed by atoms with Crippen molar-refractivity contribution >= 4 is 5.91 Å². The van der Waals surface area contributed by atoms with E-state index in [0.29, 0.717) is 12.5 Å². The van der Waals surface area contributed by atoms with Crippen LogP contribution < -0.4 is 0 Å². The van der Waals surface area contributed by atoms with Gasteiger partial charge in [-0.2, -0.15) is 0 Å². The number of rotatable bonds is 3. The molecule has 1 saturated carbocycles. The van der Waals surface area contributed by atoms with Crippen molar-refractivity contribution in [1.29, 1.82) is 0 Å². The summed E-state index contributed by atoms with van der Waals surface area (Å²) in [4.78, 5) is 24.9. The quantitative estimate of drug-likeness (QED) is 0.874. The summed E-state index contributed by atoms with van der Waals surface area (Å²) in [5.41, 5.74) is 0.483. The van der Waals surface area contributed by atoms with E-state index in [-0.39, 0.29) is 11.8 Å². The summed E-state index contributed by atoms with van der Waals surface area (Å²) >= 11 is 0. The van der Waals surface area contributed by atoms with Gasteiger partial charge in [0.1, 0.15) is 5.82 Å². The molecule has 0 bridgehead atoms. The highest BCUT2D eigenvalue weighted by Gasteiger charge is 2.46. The van der Waals surface area contributed by atoms with E-state index in [9.17, 15) is 9.90 Å². The lowest BCUT2D eigenvalue weighted by atomic mass is 9.75. The molecule has 0 unspecified atom stereocenters. The van der Waals surface area contributed by atoms with Crippen molar-refractivity contribution in [3.8, 4) is 0 Å². The van der Waals surface area contributed by atoms with Gasteiger partial charge in [-0.15, -0.1) is 0 Å². The van der Waals surface area contributed by atoms with Crippen LogP contribution in [0.3, 0.4) is 0 Å². The molecule has 3 aliphatic rings. The molecule has 138 valence electrons. The number of imidazole rings is 1. The summed E-state index contributed by atoms with van der Waals surface area (Å²) in [5.74, 6) is 1.70. The standard InChI is InChI=1S/C19H30N4O2/c1-14-10-20-17(21-14)13-22-8-6-19(25)7-9-23(12-16(19)11-22)18(24)15-4-2-3-5-15/h10,15-16,25H,2-9,11-13H2,1H3,(H,20,21)/t16-,19-/m1/s1. The largest absolute Gasteiger partial charge is 0.389 e. The van der Waals surface area contributed by atoms with E-state index in [1.165, 1.54) is 12.8 Å². The first-order valence-corrected chi connectivity index (χ1v) is 9.77. The maximum Gasteiger partial charge on any atom is 0.225 e. The van der Waals surface area contributed by atoms with Gasteiger partial charge in [-0.1, -0.05) is 12.8 Å². The fourth-order valence-corrected chi connectivity index (χ4v) is 4.91. The third-order valence-corrected chi connectivity index (χ3v) is 6.50. The zero-order valence-corrected chi connectivity index (χ0v) is 15.2. The lowest BCUT2D eigenvalue weighted by molar-refractivity contribution is -0.150. The number of amides is 1. The molecule has 25 heavy (non-hydrogen) atoms. The predicted octanol–water partition coefficient (Wildman–Crippen LogP) is 1.69. The van der Waals surface area contributed by atoms with Crippen molar-refractivity contribution in [2.45, 2.75) is 57.6 Å². The van der Waals surface area contributed by atoms with Crippen LogP contribution in [0.2, 0.25) is 0 Å². The second-order valence-corrected chi connectivity index (χ2v) is 8.31. The lowest BCUT2D eigenvalue weighted by Gasteiger charge is -2.50. The monoisotopic (exact) mass is 346 g/mol. The second-order valence-electron chi connectivity index (χ2n) is 8.31. The molecule has 2 atom stereocenters. The average molecular weight is 346 g/mol. The van der Waals surface area contributed by atoms with Crippen LogP contribution in [0.5, 0.6) is 0 Å². The summed E-state index contributed by atoms with van der Waals surface area (Å²) in [5, 5.41) is 11.1. The van der Waals surface area contributed by atoms with Crippen LogP contribution in [0.4, 0.5) is 0 Å². The highest BCUT2D eigenvalue weighted by molar-refractivity contribution is 5.79. The van der Waals surface area contributed by atoms with E-state index in [2.05, 4.69) is 14.9 Å². The normalized spacial score (nSPS) is 31.3. The van der Waals surface area contributed by atoms with E-state index >= 15 is 0 Å². The third kappa shape index (κ3) is 3.47. The van der Waals surface area contributed by atoms with Gasteiger partial charge in [-0.3, -0.25) is 9.69 Å². The molecule has 6 heteroatoms. The second kappa shape index (κ2) is 6.72. The van der Waals surface area contributed by atoms with E-state index in [1.807, 2.05) is 18.0 Å². The van der Waals surface area contributed by atoms with Gasteiger partial charge in [0.2, 0.25) is 5.91 Å². The maximum absolute atomic E-state index is 12.8. The number of piperidine rings is 2. The molecule has 1 aliphatic carbocycles. The molecule has 0 radical (unpaired) electrons. The van der Waals surface area contributed by atoms with Crippen molar-refractivity contribution in [2.75, 3.05) is 26.2 Å². The van der Waals surface area contributed by atoms with Crippen LogP contribution in [-0.2, 0) is 11.3 Å². The minimum Gasteiger partial charge on any atom is -0.389 e. The first-order valence-electron chi connectivity index (χ1n) is 9.77. The fourth-order valence-electron chi connectivity index (χ4n) is 4.91. The molecule has 1 amide bonds. The summed E-state index contributed by atoms with van der Waals surface area (Å²) in [6.45, 7) is 5.96. The Labute approximate surface area is 149 Å². The van der Waals surface area contributed by atoms with Crippen molar-refractivity contribution < 1.29 is 9.90 Å². The zero-order chi connectivity index (χ0) is 17.4. The Morgan fingerprint density at radius 3 is 2.80 bits per heavy atom. The summed E-state index contributed by atoms with van der Waals surface area (Å²) in [7, 11) is 0. The van der Waals surface area contributed by atoms with Crippen LogP contribution in [0.15, 0.2) is 6.20 Å². The van der Waals surface area contributed by atoms with Crippen LogP contribution in [0.1, 0.15) is 50.0 Å². The molecule has 6 nitrogen and oxygen atoms in total. The highest BCUT2D eigenvalue weighted by atomic mass is 16.3. The summed E-state index contributed by atoms with van der Waals surface area (Å²) < 4.78 is 0. The molecule has 0 spiro atoms. The molecule has 2 saturated heterocycles. The molecule has 4 rings (SSSR count). The number of fused-ring (bicyclic) bond motifs is 1. The van der Waals surface area contributed by atoms with Gasteiger partial charge in [0.25, 0.3) is 0 Å². The van der Waals surface area contributed by atoms with Crippen LogP contribution in [0.25, 0.3) is 0 Å². The number of hydrogen-bond donors (Lipinski definition) is 2. The number of hydrogen-bond acceptors (Lipinski definition) is 4. The van der Waals surface area contributed by atoms with Gasteiger partial charge in [0, 0.05) is 49.9 Å². The molecule has 1 aromatic heterocycles. The summed E-state index contributed by atoms with van der Waals surface area (Å²) in [6, 6.07) is 0. The number of likely N-dealkylation sites (tertiary alicyclic amines) is 2. The number of nitrogens with zero attached hydrogens (tertiary/aromatic N) is 3. The number of carbonyl (C=O) groups excluding carboxylic acids is 1. The number of carbonyl (C=O) groups is 1. The molecule has 2 N–H and O–H groups in total. The average Bonchev–Trinajstić information content (AvgIpc) is 3.26. The minimum absolute atomic E-state index is 0.149. The van der Waals surface area contributed by atoms with E-state index in [4.69, 9.17) is 0 Å². The first-order chi connectivity index (χ1) is 12.0. The Hall–Kier alpha value is -1.40. The minimum atomic E-state index is -0.595. The Morgan fingerprint density at radius 2 is 2.08 bits per heavy atom. The maximum atomic E-state index is 12.8. The van der Waals surface area contributed by atoms with E-state index in [1.54, 1.807) is 0 Å². The van der Waals surface area contributed by atoms with Gasteiger partial charge in [0.15, 0.2) is 0 Å². The van der Waals surface area contributed by atoms with Gasteiger partial charge in [-0.05, 0) is 32.6 Å². The van der Waals surface area contributed by atoms with Gasteiger partial charge in [0.05, 0.1) is 12.1 Å². The number of aliphatic hydroxyl groups is 1. The lowest BCUT2D eigenvalue weighted by Crippen LogP contribution is -2.61. The number of aromatic nitrogens is 2. The molecule has 0 aromatic carbocycles. The Bertz CT molecular complexity index is 625. The molecular weight excluding hydrogens is 316 g/mol. The third-order valence-electron chi connectivity index (χ3n) is 6.50. The Balaban J connectivity index is 1.39. The van der Waals surface area contributed by atoms with E-state index < -0.39 is 5.60 Å². The summed E-state index contributed by atoms with van der Waals surface area (Å²) in [6.07, 6.45) is 7.86. The smallest absolute Gasteiger partial charge is 0.225 e. The Kier molecular flexibility index (Phi) is 4.58. The number of H-pyrrole nitrogens is 1. The van der Waals surface area contributed by atoms with Gasteiger partial charge < -0.3 is 15.0 Å². The van der Waals surface area contributed by atoms with Crippen molar-refractivity contribution in [1.82, 2.24) is 19.8 Å². The van der Waals surface area contributed by atoms with Crippen molar-refractivity contribution in [3.05, 3.63) is 17.7 Å².